The zero-order valence-corrected chi connectivity index (χ0v) is 7.80. The Balaban J connectivity index is 2.70. The van der Waals surface area contributed by atoms with E-state index in [4.69, 9.17) is 16.4 Å². The second-order valence-corrected chi connectivity index (χ2v) is 3.02. The van der Waals surface area contributed by atoms with Gasteiger partial charge in [-0.2, -0.15) is 0 Å². The van der Waals surface area contributed by atoms with Crippen LogP contribution in [0.2, 0.25) is 5.02 Å². The van der Waals surface area contributed by atoms with Crippen molar-refractivity contribution < 1.29 is 4.84 Å². The van der Waals surface area contributed by atoms with Crippen molar-refractivity contribution in [1.29, 1.82) is 0 Å². The van der Waals surface area contributed by atoms with E-state index in [0.717, 1.165) is 5.71 Å². The third-order valence-electron chi connectivity index (χ3n) is 1.13. The van der Waals surface area contributed by atoms with Gasteiger partial charge in [-0.1, -0.05) is 22.8 Å². The molecular weight excluding hydrogens is 174 g/mol. The summed E-state index contributed by atoms with van der Waals surface area (Å²) in [6, 6.07) is 7.13. The summed E-state index contributed by atoms with van der Waals surface area (Å²) in [5.74, 6) is 0.656. The minimum Gasteiger partial charge on any atom is -0.357 e. The molecule has 0 spiro atoms. The van der Waals surface area contributed by atoms with Gasteiger partial charge in [-0.15, -0.1) is 0 Å². The minimum atomic E-state index is 0.649. The largest absolute Gasteiger partial charge is 0.357 e. The summed E-state index contributed by atoms with van der Waals surface area (Å²) in [6.07, 6.45) is 0. The lowest BCUT2D eigenvalue weighted by Crippen LogP contribution is -1.88. The van der Waals surface area contributed by atoms with Crippen LogP contribution >= 0.6 is 11.6 Å². The van der Waals surface area contributed by atoms with Gasteiger partial charge in [-0.05, 0) is 26.0 Å². The van der Waals surface area contributed by atoms with Crippen molar-refractivity contribution >= 4 is 17.3 Å². The molecule has 0 bridgehead atoms. The van der Waals surface area contributed by atoms with E-state index in [1.54, 1.807) is 18.2 Å². The Bertz CT molecular complexity index is 292. The van der Waals surface area contributed by atoms with Gasteiger partial charge in [-0.25, -0.2) is 0 Å². The molecule has 0 amide bonds. The fourth-order valence-electron chi connectivity index (χ4n) is 0.668. The van der Waals surface area contributed by atoms with Crippen LogP contribution in [0.3, 0.4) is 0 Å². The molecule has 2 nitrogen and oxygen atoms in total. The number of oxime groups is 1. The second-order valence-electron chi connectivity index (χ2n) is 2.59. The van der Waals surface area contributed by atoms with E-state index in [2.05, 4.69) is 5.16 Å². The normalized spacial score (nSPS) is 9.25. The van der Waals surface area contributed by atoms with E-state index >= 15 is 0 Å². The number of halogens is 1. The lowest BCUT2D eigenvalue weighted by atomic mass is 10.3. The van der Waals surface area contributed by atoms with Gasteiger partial charge in [0.05, 0.1) is 5.71 Å². The van der Waals surface area contributed by atoms with E-state index in [1.165, 1.54) is 0 Å². The van der Waals surface area contributed by atoms with Crippen molar-refractivity contribution in [1.82, 2.24) is 0 Å². The Labute approximate surface area is 76.8 Å². The highest BCUT2D eigenvalue weighted by atomic mass is 35.5. The molecule has 0 heterocycles. The average molecular weight is 184 g/mol. The first-order valence-electron chi connectivity index (χ1n) is 3.62. The second kappa shape index (κ2) is 4.12. The van der Waals surface area contributed by atoms with Crippen molar-refractivity contribution in [3.63, 3.8) is 0 Å². The van der Waals surface area contributed by atoms with Crippen molar-refractivity contribution in [2.24, 2.45) is 5.16 Å². The van der Waals surface area contributed by atoms with Crippen molar-refractivity contribution in [3.05, 3.63) is 29.3 Å². The molecule has 0 radical (unpaired) electrons. The molecule has 0 aliphatic rings. The fraction of sp³-hybridized carbons (Fsp3) is 0.222. The molecule has 0 saturated heterocycles. The smallest absolute Gasteiger partial charge is 0.159 e. The summed E-state index contributed by atoms with van der Waals surface area (Å²) in [5, 5.41) is 4.44. The number of benzene rings is 1. The van der Waals surface area contributed by atoms with Crippen LogP contribution in [0, 0.1) is 0 Å². The Kier molecular flexibility index (Phi) is 3.11. The summed E-state index contributed by atoms with van der Waals surface area (Å²) in [4.78, 5) is 5.05. The molecule has 0 unspecified atom stereocenters. The van der Waals surface area contributed by atoms with Crippen LogP contribution in [0.4, 0.5) is 0 Å². The average Bonchev–Trinajstić information content (AvgIpc) is 2.01. The highest BCUT2D eigenvalue weighted by Crippen LogP contribution is 2.17. The molecule has 64 valence electrons. The SMILES string of the molecule is CC(C)=NOc1cccc(Cl)c1. The molecule has 12 heavy (non-hydrogen) atoms. The Morgan fingerprint density at radius 2 is 2.17 bits per heavy atom. The molecule has 1 aromatic carbocycles. The van der Waals surface area contributed by atoms with Crippen molar-refractivity contribution in [3.8, 4) is 5.75 Å². The maximum atomic E-state index is 5.73. The molecule has 0 aliphatic heterocycles. The summed E-state index contributed by atoms with van der Waals surface area (Å²) < 4.78 is 0. The minimum absolute atomic E-state index is 0.649. The lowest BCUT2D eigenvalue weighted by molar-refractivity contribution is 0.341. The molecular formula is C9H10ClNO. The van der Waals surface area contributed by atoms with Crippen LogP contribution in [0.25, 0.3) is 0 Å². The third-order valence-corrected chi connectivity index (χ3v) is 1.36. The third kappa shape index (κ3) is 2.93. The van der Waals surface area contributed by atoms with Gasteiger partial charge in [-0.3, -0.25) is 0 Å². The zero-order valence-electron chi connectivity index (χ0n) is 7.04. The molecule has 0 N–H and O–H groups in total. The Morgan fingerprint density at radius 1 is 1.42 bits per heavy atom. The number of hydrogen-bond donors (Lipinski definition) is 0. The summed E-state index contributed by atoms with van der Waals surface area (Å²) >= 11 is 5.73. The van der Waals surface area contributed by atoms with Gasteiger partial charge in [0, 0.05) is 11.1 Å². The molecule has 1 aromatic rings. The molecule has 3 heteroatoms. The highest BCUT2D eigenvalue weighted by molar-refractivity contribution is 6.30. The predicted molar refractivity (Wildman–Crippen MR) is 50.9 cm³/mol. The lowest BCUT2D eigenvalue weighted by Gasteiger charge is -1.98. The number of hydrogen-bond acceptors (Lipinski definition) is 2. The molecule has 0 atom stereocenters. The topological polar surface area (TPSA) is 21.6 Å². The molecule has 0 aromatic heterocycles. The first-order chi connectivity index (χ1) is 5.68. The maximum Gasteiger partial charge on any atom is 0.159 e. The van der Waals surface area contributed by atoms with E-state index in [0.29, 0.717) is 10.8 Å². The zero-order chi connectivity index (χ0) is 8.97. The summed E-state index contributed by atoms with van der Waals surface area (Å²) in [7, 11) is 0. The number of nitrogens with zero attached hydrogens (tertiary/aromatic N) is 1. The predicted octanol–water partition coefficient (Wildman–Crippen LogP) is 3.11. The highest BCUT2D eigenvalue weighted by Gasteiger charge is 1.92. The van der Waals surface area contributed by atoms with Gasteiger partial charge in [0.2, 0.25) is 0 Å². The van der Waals surface area contributed by atoms with Crippen LogP contribution in [-0.4, -0.2) is 5.71 Å². The first-order valence-corrected chi connectivity index (χ1v) is 4.00. The van der Waals surface area contributed by atoms with Gasteiger partial charge in [0.25, 0.3) is 0 Å². The summed E-state index contributed by atoms with van der Waals surface area (Å²) in [6.45, 7) is 3.73. The van der Waals surface area contributed by atoms with Gasteiger partial charge >= 0.3 is 0 Å². The maximum absolute atomic E-state index is 5.73. The Hall–Kier alpha value is -1.02. The molecule has 0 aliphatic carbocycles. The van der Waals surface area contributed by atoms with Gasteiger partial charge in [0.15, 0.2) is 5.75 Å². The van der Waals surface area contributed by atoms with Gasteiger partial charge < -0.3 is 4.84 Å². The quantitative estimate of drug-likeness (QED) is 0.510. The van der Waals surface area contributed by atoms with E-state index in [1.807, 2.05) is 19.9 Å². The standard InChI is InChI=1S/C9H10ClNO/c1-7(2)11-12-9-5-3-4-8(10)6-9/h3-6H,1-2H3. The molecule has 1 rings (SSSR count). The Morgan fingerprint density at radius 3 is 2.75 bits per heavy atom. The van der Waals surface area contributed by atoms with Gasteiger partial charge in [0.1, 0.15) is 0 Å². The number of rotatable bonds is 2. The van der Waals surface area contributed by atoms with Crippen molar-refractivity contribution in [2.45, 2.75) is 13.8 Å². The summed E-state index contributed by atoms with van der Waals surface area (Å²) in [5.41, 5.74) is 0.870. The van der Waals surface area contributed by atoms with Crippen LogP contribution in [0.5, 0.6) is 5.75 Å². The van der Waals surface area contributed by atoms with Crippen LogP contribution < -0.4 is 4.84 Å². The van der Waals surface area contributed by atoms with Crippen LogP contribution in [-0.2, 0) is 0 Å². The molecule has 0 fully saturated rings. The van der Waals surface area contributed by atoms with E-state index in [9.17, 15) is 0 Å². The van der Waals surface area contributed by atoms with Crippen LogP contribution in [0.1, 0.15) is 13.8 Å². The molecule has 0 saturated carbocycles. The van der Waals surface area contributed by atoms with E-state index in [-0.39, 0.29) is 0 Å². The fourth-order valence-corrected chi connectivity index (χ4v) is 0.848. The van der Waals surface area contributed by atoms with Crippen molar-refractivity contribution in [2.75, 3.05) is 0 Å². The monoisotopic (exact) mass is 183 g/mol. The van der Waals surface area contributed by atoms with E-state index < -0.39 is 0 Å². The van der Waals surface area contributed by atoms with Crippen LogP contribution in [0.15, 0.2) is 29.4 Å². The first kappa shape index (κ1) is 9.07.